The molecule has 0 radical (unpaired) electrons. The fraction of sp³-hybridized carbons (Fsp3) is 0.467. The van der Waals surface area contributed by atoms with E-state index in [1.165, 1.54) is 29.8 Å². The maximum absolute atomic E-state index is 12.2. The molecule has 126 valence electrons. The summed E-state index contributed by atoms with van der Waals surface area (Å²) in [5.74, 6) is 0.955. The number of benzene rings is 1. The number of nitrogens with zero attached hydrogens (tertiary/aromatic N) is 2. The van der Waals surface area contributed by atoms with Crippen LogP contribution in [0.1, 0.15) is 19.4 Å². The third kappa shape index (κ3) is 4.01. The second-order valence-corrected chi connectivity index (χ2v) is 6.96. The summed E-state index contributed by atoms with van der Waals surface area (Å²) in [6.07, 6.45) is -0.434. The highest BCUT2D eigenvalue weighted by atomic mass is 32.2. The van der Waals surface area contributed by atoms with Crippen molar-refractivity contribution in [2.24, 2.45) is 0 Å². The van der Waals surface area contributed by atoms with Gasteiger partial charge in [-0.25, -0.2) is 18.2 Å². The summed E-state index contributed by atoms with van der Waals surface area (Å²) in [6.45, 7) is 3.96. The summed E-state index contributed by atoms with van der Waals surface area (Å²) in [7, 11) is 4.26. The van der Waals surface area contributed by atoms with Crippen molar-refractivity contribution in [3.8, 4) is 11.5 Å². The Kier molecular flexibility index (Phi) is 4.93. The molecule has 1 aliphatic rings. The van der Waals surface area contributed by atoms with Gasteiger partial charge in [0.2, 0.25) is 0 Å². The van der Waals surface area contributed by atoms with E-state index in [0.29, 0.717) is 11.5 Å². The van der Waals surface area contributed by atoms with Gasteiger partial charge in [-0.05, 0) is 19.9 Å². The van der Waals surface area contributed by atoms with Gasteiger partial charge in [-0.15, -0.1) is 0 Å². The van der Waals surface area contributed by atoms with Crippen LogP contribution in [0.15, 0.2) is 18.2 Å². The molecule has 0 unspecified atom stereocenters. The number of rotatable bonds is 3. The van der Waals surface area contributed by atoms with E-state index in [1.54, 1.807) is 6.07 Å². The molecule has 1 aromatic carbocycles. The molecule has 1 aliphatic heterocycles. The van der Waals surface area contributed by atoms with Crippen molar-refractivity contribution in [3.05, 3.63) is 23.8 Å². The van der Waals surface area contributed by atoms with E-state index < -0.39 is 12.2 Å². The molecule has 1 heterocycles. The molecule has 0 aromatic heterocycles. The summed E-state index contributed by atoms with van der Waals surface area (Å²) in [5, 5.41) is 0. The molecule has 23 heavy (non-hydrogen) atoms. The normalized spacial score (nSPS) is 14.5. The third-order valence-electron chi connectivity index (χ3n) is 3.19. The first-order valence-electron chi connectivity index (χ1n) is 7.00. The predicted molar refractivity (Wildman–Crippen MR) is 86.4 cm³/mol. The van der Waals surface area contributed by atoms with Crippen LogP contribution in [-0.2, 0) is 11.2 Å². The molecule has 0 fully saturated rings. The second-order valence-electron chi connectivity index (χ2n) is 5.70. The lowest BCUT2D eigenvalue weighted by Gasteiger charge is -2.21. The van der Waals surface area contributed by atoms with Crippen molar-refractivity contribution < 1.29 is 23.8 Å². The van der Waals surface area contributed by atoms with Gasteiger partial charge in [0.05, 0.1) is 19.2 Å². The van der Waals surface area contributed by atoms with E-state index in [-0.39, 0.29) is 5.60 Å². The number of methoxy groups -OCH3 is 1. The lowest BCUT2D eigenvalue weighted by atomic mass is 10.0. The van der Waals surface area contributed by atoms with Crippen molar-refractivity contribution in [1.29, 1.82) is 0 Å². The largest absolute Gasteiger partial charge is 0.483 e. The number of hydrogen-bond donors (Lipinski definition) is 0. The average molecular weight is 340 g/mol. The number of carbonyl (C=O) groups is 2. The van der Waals surface area contributed by atoms with Gasteiger partial charge >= 0.3 is 12.2 Å². The van der Waals surface area contributed by atoms with Gasteiger partial charge in [0.15, 0.2) is 11.5 Å². The molecule has 0 aliphatic carbocycles. The Bertz CT molecular complexity index is 620. The lowest BCUT2D eigenvalue weighted by Crippen LogP contribution is -2.30. The topological polar surface area (TPSA) is 68.3 Å². The Balaban J connectivity index is 2.05. The summed E-state index contributed by atoms with van der Waals surface area (Å²) in [5.41, 5.74) is 0.679. The van der Waals surface area contributed by atoms with E-state index in [4.69, 9.17) is 9.47 Å². The van der Waals surface area contributed by atoms with E-state index in [2.05, 4.69) is 4.74 Å². The summed E-state index contributed by atoms with van der Waals surface area (Å²) >= 11 is 0.869. The van der Waals surface area contributed by atoms with Gasteiger partial charge in [-0.3, -0.25) is 0 Å². The minimum absolute atomic E-state index is 0.323. The zero-order chi connectivity index (χ0) is 17.2. The van der Waals surface area contributed by atoms with Gasteiger partial charge in [-0.1, -0.05) is 12.1 Å². The molecule has 0 N–H and O–H groups in total. The van der Waals surface area contributed by atoms with Crippen molar-refractivity contribution in [1.82, 2.24) is 8.61 Å². The molecule has 0 atom stereocenters. The van der Waals surface area contributed by atoms with Crippen LogP contribution in [0, 0.1) is 0 Å². The van der Waals surface area contributed by atoms with Gasteiger partial charge in [0.25, 0.3) is 0 Å². The van der Waals surface area contributed by atoms with Gasteiger partial charge in [-0.2, -0.15) is 0 Å². The van der Waals surface area contributed by atoms with Crippen molar-refractivity contribution in [3.63, 3.8) is 0 Å². The van der Waals surface area contributed by atoms with Crippen LogP contribution >= 0.6 is 12.1 Å². The highest BCUT2D eigenvalue weighted by Crippen LogP contribution is 2.42. The molecule has 0 bridgehead atoms. The molecule has 7 nitrogen and oxygen atoms in total. The summed E-state index contributed by atoms with van der Waals surface area (Å²) in [6, 6.07) is 5.45. The molecular weight excluding hydrogens is 320 g/mol. The number of para-hydroxylation sites is 1. The highest BCUT2D eigenvalue weighted by molar-refractivity contribution is 7.95. The molecular formula is C15H20N2O5S. The highest BCUT2D eigenvalue weighted by Gasteiger charge is 2.33. The standard InChI is InChI=1S/C15H20N2O5S/c1-15(2)9-10-7-6-8-11(12(10)22-15)21-14(19)17(4)23-16(3)13(18)20-5/h6-8H,9H2,1-5H3. The Hall–Kier alpha value is -2.09. The first-order valence-corrected chi connectivity index (χ1v) is 7.73. The van der Waals surface area contributed by atoms with Crippen LogP contribution in [-0.4, -0.2) is 47.6 Å². The second kappa shape index (κ2) is 6.57. The number of carbonyl (C=O) groups excluding carboxylic acids is 2. The quantitative estimate of drug-likeness (QED) is 0.788. The number of hydrogen-bond acceptors (Lipinski definition) is 6. The van der Waals surface area contributed by atoms with Crippen molar-refractivity contribution in [2.45, 2.75) is 25.9 Å². The van der Waals surface area contributed by atoms with Crippen LogP contribution in [0.4, 0.5) is 9.59 Å². The van der Waals surface area contributed by atoms with Crippen molar-refractivity contribution >= 4 is 24.3 Å². The lowest BCUT2D eigenvalue weighted by molar-refractivity contribution is 0.131. The molecule has 0 saturated carbocycles. The zero-order valence-electron chi connectivity index (χ0n) is 13.8. The average Bonchev–Trinajstić information content (AvgIpc) is 2.81. The Morgan fingerprint density at radius 3 is 2.52 bits per heavy atom. The molecule has 1 aromatic rings. The zero-order valence-corrected chi connectivity index (χ0v) is 14.6. The maximum Gasteiger partial charge on any atom is 0.426 e. The van der Waals surface area contributed by atoms with Crippen LogP contribution in [0.5, 0.6) is 11.5 Å². The Morgan fingerprint density at radius 2 is 1.87 bits per heavy atom. The van der Waals surface area contributed by atoms with Gasteiger partial charge in [0, 0.05) is 26.1 Å². The minimum Gasteiger partial charge on any atom is -0.483 e. The predicted octanol–water partition coefficient (Wildman–Crippen LogP) is 3.09. The third-order valence-corrected chi connectivity index (χ3v) is 3.97. The molecule has 8 heteroatoms. The molecule has 0 saturated heterocycles. The maximum atomic E-state index is 12.2. The molecule has 2 amide bonds. The van der Waals surface area contributed by atoms with E-state index >= 15 is 0 Å². The van der Waals surface area contributed by atoms with E-state index in [0.717, 1.165) is 24.1 Å². The fourth-order valence-electron chi connectivity index (χ4n) is 2.21. The smallest absolute Gasteiger partial charge is 0.426 e. The Morgan fingerprint density at radius 1 is 1.22 bits per heavy atom. The van der Waals surface area contributed by atoms with E-state index in [9.17, 15) is 9.59 Å². The van der Waals surface area contributed by atoms with Crippen molar-refractivity contribution in [2.75, 3.05) is 21.2 Å². The van der Waals surface area contributed by atoms with E-state index in [1.807, 2.05) is 26.0 Å². The SMILES string of the molecule is COC(=O)N(C)SN(C)C(=O)Oc1cccc2c1OC(C)(C)C2. The number of amides is 2. The first-order chi connectivity index (χ1) is 10.7. The van der Waals surface area contributed by atoms with Crippen LogP contribution < -0.4 is 9.47 Å². The number of ether oxygens (including phenoxy) is 3. The Labute approximate surface area is 139 Å². The van der Waals surface area contributed by atoms with Gasteiger partial charge < -0.3 is 14.2 Å². The number of fused-ring (bicyclic) bond motifs is 1. The monoisotopic (exact) mass is 340 g/mol. The summed E-state index contributed by atoms with van der Waals surface area (Å²) < 4.78 is 18.2. The van der Waals surface area contributed by atoms with Crippen LogP contribution in [0.2, 0.25) is 0 Å². The molecule has 0 spiro atoms. The van der Waals surface area contributed by atoms with Crippen LogP contribution in [0.25, 0.3) is 0 Å². The minimum atomic E-state index is -0.618. The molecule has 2 rings (SSSR count). The van der Waals surface area contributed by atoms with Gasteiger partial charge in [0.1, 0.15) is 5.60 Å². The van der Waals surface area contributed by atoms with Crippen LogP contribution in [0.3, 0.4) is 0 Å². The summed E-state index contributed by atoms with van der Waals surface area (Å²) in [4.78, 5) is 23.5. The first kappa shape index (κ1) is 17.3. The fourth-order valence-corrected chi connectivity index (χ4v) is 2.82.